The zero-order valence-electron chi connectivity index (χ0n) is 16.3. The lowest BCUT2D eigenvalue weighted by molar-refractivity contribution is -0.0165. The zero-order chi connectivity index (χ0) is 17.8. The first-order valence-electron chi connectivity index (χ1n) is 9.48. The van der Waals surface area contributed by atoms with Gasteiger partial charge in [-0.2, -0.15) is 0 Å². The summed E-state index contributed by atoms with van der Waals surface area (Å²) in [5.74, 6) is 1.50. The minimum absolute atomic E-state index is 0.425. The monoisotopic (exact) mass is 342 g/mol. The first-order chi connectivity index (χ1) is 11.5. The Morgan fingerprint density at radius 2 is 2.12 bits per heavy atom. The van der Waals surface area contributed by atoms with E-state index in [0.717, 1.165) is 65.0 Å². The van der Waals surface area contributed by atoms with Crippen molar-refractivity contribution in [2.75, 3.05) is 52.6 Å². The van der Waals surface area contributed by atoms with Crippen LogP contribution in [0.5, 0.6) is 0 Å². The molecule has 6 nitrogen and oxygen atoms in total. The average molecular weight is 343 g/mol. The van der Waals surface area contributed by atoms with Gasteiger partial charge in [0.1, 0.15) is 0 Å². The highest BCUT2D eigenvalue weighted by atomic mass is 16.5. The number of guanidine groups is 1. The van der Waals surface area contributed by atoms with Crippen LogP contribution in [0.15, 0.2) is 4.99 Å². The van der Waals surface area contributed by atoms with E-state index in [1.165, 1.54) is 0 Å². The summed E-state index contributed by atoms with van der Waals surface area (Å²) in [4.78, 5) is 7.22. The topological polar surface area (TPSA) is 58.1 Å². The summed E-state index contributed by atoms with van der Waals surface area (Å²) in [6, 6.07) is 0.895. The first-order valence-corrected chi connectivity index (χ1v) is 9.48. The Morgan fingerprint density at radius 1 is 1.33 bits per heavy atom. The van der Waals surface area contributed by atoms with Gasteiger partial charge in [-0.25, -0.2) is 0 Å². The molecule has 1 heterocycles. The van der Waals surface area contributed by atoms with E-state index in [4.69, 9.17) is 14.5 Å². The third-order valence-electron chi connectivity index (χ3n) is 4.05. The SMILES string of the molecule is CCNC(=NCC(C)N1CCOCC1C)NCCCOCC(C)C. The molecular formula is C18H38N4O2. The molecule has 0 saturated carbocycles. The molecule has 0 radical (unpaired) electrons. The molecule has 2 N–H and O–H groups in total. The molecule has 0 aromatic carbocycles. The third-order valence-corrected chi connectivity index (χ3v) is 4.05. The second-order valence-electron chi connectivity index (χ2n) is 6.98. The number of hydrogen-bond acceptors (Lipinski definition) is 4. The highest BCUT2D eigenvalue weighted by Crippen LogP contribution is 2.10. The Balaban J connectivity index is 2.30. The second kappa shape index (κ2) is 12.5. The van der Waals surface area contributed by atoms with E-state index in [0.29, 0.717) is 18.0 Å². The minimum Gasteiger partial charge on any atom is -0.381 e. The molecule has 2 atom stereocenters. The molecule has 0 bridgehead atoms. The molecule has 1 aliphatic rings. The summed E-state index contributed by atoms with van der Waals surface area (Å²) >= 11 is 0. The maximum Gasteiger partial charge on any atom is 0.191 e. The van der Waals surface area contributed by atoms with Gasteiger partial charge in [0.05, 0.1) is 19.8 Å². The van der Waals surface area contributed by atoms with Crippen molar-refractivity contribution in [3.05, 3.63) is 0 Å². The summed E-state index contributed by atoms with van der Waals surface area (Å²) in [5, 5.41) is 6.71. The Hall–Kier alpha value is -0.850. The van der Waals surface area contributed by atoms with Crippen molar-refractivity contribution >= 4 is 5.96 Å². The standard InChI is InChI=1S/C18H38N4O2/c1-6-19-18(20-8-7-10-23-13-15(2)3)21-12-16(4)22-9-11-24-14-17(22)5/h15-17H,6-14H2,1-5H3,(H2,19,20,21). The molecule has 142 valence electrons. The van der Waals surface area contributed by atoms with Gasteiger partial charge >= 0.3 is 0 Å². The van der Waals surface area contributed by atoms with Crippen LogP contribution >= 0.6 is 0 Å². The van der Waals surface area contributed by atoms with E-state index in [-0.39, 0.29) is 0 Å². The van der Waals surface area contributed by atoms with E-state index in [9.17, 15) is 0 Å². The predicted octanol–water partition coefficient (Wildman–Crippen LogP) is 1.71. The van der Waals surface area contributed by atoms with E-state index < -0.39 is 0 Å². The summed E-state index contributed by atoms with van der Waals surface area (Å²) in [6.07, 6.45) is 0.993. The van der Waals surface area contributed by atoms with Gasteiger partial charge < -0.3 is 20.1 Å². The minimum atomic E-state index is 0.425. The highest BCUT2D eigenvalue weighted by molar-refractivity contribution is 5.79. The Labute approximate surface area is 148 Å². The van der Waals surface area contributed by atoms with Crippen molar-refractivity contribution < 1.29 is 9.47 Å². The van der Waals surface area contributed by atoms with Crippen LogP contribution in [0.1, 0.15) is 41.0 Å². The molecule has 1 saturated heterocycles. The fourth-order valence-electron chi connectivity index (χ4n) is 2.76. The molecule has 1 rings (SSSR count). The molecule has 1 aliphatic heterocycles. The molecule has 1 fully saturated rings. The number of nitrogens with zero attached hydrogens (tertiary/aromatic N) is 2. The highest BCUT2D eigenvalue weighted by Gasteiger charge is 2.23. The fourth-order valence-corrected chi connectivity index (χ4v) is 2.76. The van der Waals surface area contributed by atoms with E-state index >= 15 is 0 Å². The molecule has 0 aromatic rings. The van der Waals surface area contributed by atoms with Crippen LogP contribution in [0.25, 0.3) is 0 Å². The van der Waals surface area contributed by atoms with Crippen molar-refractivity contribution in [2.24, 2.45) is 10.9 Å². The summed E-state index contributed by atoms with van der Waals surface area (Å²) in [6.45, 7) is 17.7. The zero-order valence-corrected chi connectivity index (χ0v) is 16.3. The maximum atomic E-state index is 5.61. The number of morpholine rings is 1. The van der Waals surface area contributed by atoms with Crippen molar-refractivity contribution in [3.8, 4) is 0 Å². The Kier molecular flexibility index (Phi) is 11.0. The molecule has 24 heavy (non-hydrogen) atoms. The van der Waals surface area contributed by atoms with Crippen molar-refractivity contribution in [1.82, 2.24) is 15.5 Å². The lowest BCUT2D eigenvalue weighted by Crippen LogP contribution is -2.49. The largest absolute Gasteiger partial charge is 0.381 e. The van der Waals surface area contributed by atoms with Gasteiger partial charge in [-0.15, -0.1) is 0 Å². The molecule has 0 amide bonds. The quantitative estimate of drug-likeness (QED) is 0.360. The lowest BCUT2D eigenvalue weighted by atomic mass is 10.2. The van der Waals surface area contributed by atoms with Gasteiger partial charge in [0.25, 0.3) is 0 Å². The van der Waals surface area contributed by atoms with Crippen molar-refractivity contribution in [2.45, 2.75) is 53.1 Å². The maximum absolute atomic E-state index is 5.61. The van der Waals surface area contributed by atoms with Crippen LogP contribution in [0.4, 0.5) is 0 Å². The van der Waals surface area contributed by atoms with Crippen molar-refractivity contribution in [1.29, 1.82) is 0 Å². The Morgan fingerprint density at radius 3 is 2.79 bits per heavy atom. The summed E-state index contributed by atoms with van der Waals surface area (Å²) < 4.78 is 11.1. The normalized spacial score (nSPS) is 21.1. The van der Waals surface area contributed by atoms with Crippen LogP contribution in [-0.2, 0) is 9.47 Å². The molecule has 6 heteroatoms. The predicted molar refractivity (Wildman–Crippen MR) is 101 cm³/mol. The van der Waals surface area contributed by atoms with Crippen LogP contribution in [0.3, 0.4) is 0 Å². The summed E-state index contributed by atoms with van der Waals surface area (Å²) in [7, 11) is 0. The molecule has 0 aromatic heterocycles. The molecular weight excluding hydrogens is 304 g/mol. The van der Waals surface area contributed by atoms with Crippen LogP contribution in [0, 0.1) is 5.92 Å². The van der Waals surface area contributed by atoms with Gasteiger partial charge in [0.15, 0.2) is 5.96 Å². The van der Waals surface area contributed by atoms with Gasteiger partial charge in [-0.05, 0) is 33.1 Å². The number of rotatable bonds is 10. The van der Waals surface area contributed by atoms with Gasteiger partial charge in [-0.3, -0.25) is 9.89 Å². The van der Waals surface area contributed by atoms with Gasteiger partial charge in [0, 0.05) is 44.9 Å². The second-order valence-corrected chi connectivity index (χ2v) is 6.98. The first kappa shape index (κ1) is 21.2. The molecule has 0 spiro atoms. The lowest BCUT2D eigenvalue weighted by Gasteiger charge is -2.37. The summed E-state index contributed by atoms with van der Waals surface area (Å²) in [5.41, 5.74) is 0. The number of aliphatic imine (C=N–C) groups is 1. The fraction of sp³-hybridized carbons (Fsp3) is 0.944. The van der Waals surface area contributed by atoms with E-state index in [1.54, 1.807) is 0 Å². The molecule has 2 unspecified atom stereocenters. The van der Waals surface area contributed by atoms with Gasteiger partial charge in [-0.1, -0.05) is 13.8 Å². The van der Waals surface area contributed by atoms with E-state index in [2.05, 4.69) is 50.2 Å². The number of ether oxygens (including phenoxy) is 2. The smallest absolute Gasteiger partial charge is 0.191 e. The number of hydrogen-bond donors (Lipinski definition) is 2. The molecule has 0 aliphatic carbocycles. The third kappa shape index (κ3) is 8.85. The van der Waals surface area contributed by atoms with Crippen LogP contribution in [0.2, 0.25) is 0 Å². The van der Waals surface area contributed by atoms with Crippen LogP contribution < -0.4 is 10.6 Å². The van der Waals surface area contributed by atoms with Gasteiger partial charge in [0.2, 0.25) is 0 Å². The number of nitrogens with one attached hydrogen (secondary N) is 2. The van der Waals surface area contributed by atoms with E-state index in [1.807, 2.05) is 0 Å². The van der Waals surface area contributed by atoms with Crippen LogP contribution in [-0.4, -0.2) is 75.5 Å². The average Bonchev–Trinajstić information content (AvgIpc) is 2.55. The Bertz CT molecular complexity index is 350. The van der Waals surface area contributed by atoms with Crippen molar-refractivity contribution in [3.63, 3.8) is 0 Å².